The Morgan fingerprint density at radius 1 is 1.07 bits per heavy atom. The summed E-state index contributed by atoms with van der Waals surface area (Å²) in [6, 6.07) is 17.7. The number of ether oxygens (including phenoxy) is 1. The molecule has 0 fully saturated rings. The lowest BCUT2D eigenvalue weighted by Crippen LogP contribution is -2.13. The van der Waals surface area contributed by atoms with Gasteiger partial charge in [-0.2, -0.15) is 5.10 Å². The second kappa shape index (κ2) is 8.85. The molecule has 0 aliphatic carbocycles. The summed E-state index contributed by atoms with van der Waals surface area (Å²) >= 11 is 0. The summed E-state index contributed by atoms with van der Waals surface area (Å²) in [5.41, 5.74) is 3.37. The van der Waals surface area contributed by atoms with Gasteiger partial charge in [-0.05, 0) is 41.3 Å². The first-order chi connectivity index (χ1) is 13.2. The third-order valence-corrected chi connectivity index (χ3v) is 4.27. The van der Waals surface area contributed by atoms with E-state index in [1.165, 1.54) is 11.6 Å². The second-order valence-corrected chi connectivity index (χ2v) is 6.14. The molecule has 0 spiro atoms. The average molecular weight is 361 g/mol. The summed E-state index contributed by atoms with van der Waals surface area (Å²) in [5, 5.41) is 7.18. The molecule has 1 heterocycles. The zero-order valence-corrected chi connectivity index (χ0v) is 15.6. The lowest BCUT2D eigenvalue weighted by atomic mass is 10.1. The standard InChI is InChI=1S/C22H23N3O2/c1-3-17-4-6-19(7-5-17)16-25-21(14-15-23-25)24-22(26)13-10-18-8-11-20(27-2)12-9-18/h4-15H,3,16H2,1-2H3,(H,24,26)/b13-10+. The van der Waals surface area contributed by atoms with Gasteiger partial charge in [0.25, 0.3) is 0 Å². The van der Waals surface area contributed by atoms with Crippen LogP contribution in [0.25, 0.3) is 6.08 Å². The van der Waals surface area contributed by atoms with E-state index in [9.17, 15) is 4.79 Å². The van der Waals surface area contributed by atoms with Gasteiger partial charge >= 0.3 is 0 Å². The van der Waals surface area contributed by atoms with Crippen LogP contribution in [0.1, 0.15) is 23.6 Å². The molecule has 0 saturated heterocycles. The number of benzene rings is 2. The smallest absolute Gasteiger partial charge is 0.249 e. The summed E-state index contributed by atoms with van der Waals surface area (Å²) in [5.74, 6) is 1.25. The number of anilines is 1. The van der Waals surface area contributed by atoms with Gasteiger partial charge in [-0.15, -0.1) is 0 Å². The molecular weight excluding hydrogens is 338 g/mol. The Morgan fingerprint density at radius 2 is 1.78 bits per heavy atom. The average Bonchev–Trinajstić information content (AvgIpc) is 3.14. The number of rotatable bonds is 7. The highest BCUT2D eigenvalue weighted by Crippen LogP contribution is 2.14. The van der Waals surface area contributed by atoms with Crippen LogP contribution in [0, 0.1) is 0 Å². The van der Waals surface area contributed by atoms with E-state index in [1.807, 2.05) is 24.3 Å². The van der Waals surface area contributed by atoms with Gasteiger partial charge < -0.3 is 10.1 Å². The lowest BCUT2D eigenvalue weighted by Gasteiger charge is -2.08. The van der Waals surface area contributed by atoms with E-state index in [-0.39, 0.29) is 5.91 Å². The maximum Gasteiger partial charge on any atom is 0.249 e. The molecule has 0 radical (unpaired) electrons. The Balaban J connectivity index is 1.62. The summed E-state index contributed by atoms with van der Waals surface area (Å²) < 4.78 is 6.90. The number of nitrogens with one attached hydrogen (secondary N) is 1. The minimum atomic E-state index is -0.200. The van der Waals surface area contributed by atoms with Crippen LogP contribution in [0.3, 0.4) is 0 Å². The Labute approximate surface area is 159 Å². The highest BCUT2D eigenvalue weighted by molar-refractivity contribution is 6.01. The summed E-state index contributed by atoms with van der Waals surface area (Å²) in [7, 11) is 1.62. The predicted octanol–water partition coefficient (Wildman–Crippen LogP) is 4.15. The highest BCUT2D eigenvalue weighted by atomic mass is 16.5. The molecule has 0 aliphatic rings. The van der Waals surface area contributed by atoms with Gasteiger partial charge in [0, 0.05) is 12.1 Å². The molecule has 0 saturated carbocycles. The molecule has 5 nitrogen and oxygen atoms in total. The minimum Gasteiger partial charge on any atom is -0.497 e. The minimum absolute atomic E-state index is 0.200. The molecule has 0 atom stereocenters. The first-order valence-corrected chi connectivity index (χ1v) is 8.90. The van der Waals surface area contributed by atoms with Crippen LogP contribution in [0.5, 0.6) is 5.75 Å². The van der Waals surface area contributed by atoms with Crippen molar-refractivity contribution in [1.82, 2.24) is 9.78 Å². The number of methoxy groups -OCH3 is 1. The van der Waals surface area contributed by atoms with Crippen LogP contribution >= 0.6 is 0 Å². The van der Waals surface area contributed by atoms with Crippen molar-refractivity contribution in [3.05, 3.63) is 83.6 Å². The number of aryl methyl sites for hydroxylation is 1. The van der Waals surface area contributed by atoms with Gasteiger partial charge in [0.05, 0.1) is 19.9 Å². The van der Waals surface area contributed by atoms with E-state index in [0.717, 1.165) is 23.3 Å². The van der Waals surface area contributed by atoms with Gasteiger partial charge in [-0.1, -0.05) is 43.3 Å². The molecule has 1 N–H and O–H groups in total. The predicted molar refractivity (Wildman–Crippen MR) is 108 cm³/mol. The summed E-state index contributed by atoms with van der Waals surface area (Å²) in [4.78, 5) is 12.2. The van der Waals surface area contributed by atoms with Crippen molar-refractivity contribution in [2.75, 3.05) is 12.4 Å². The van der Waals surface area contributed by atoms with Crippen molar-refractivity contribution in [1.29, 1.82) is 0 Å². The topological polar surface area (TPSA) is 56.2 Å². The normalized spacial score (nSPS) is 10.9. The van der Waals surface area contributed by atoms with Crippen LogP contribution in [0.15, 0.2) is 66.9 Å². The number of carbonyl (C=O) groups is 1. The van der Waals surface area contributed by atoms with Gasteiger partial charge in [0.15, 0.2) is 0 Å². The van der Waals surface area contributed by atoms with Crippen molar-refractivity contribution >= 4 is 17.8 Å². The highest BCUT2D eigenvalue weighted by Gasteiger charge is 2.06. The third kappa shape index (κ3) is 5.07. The fourth-order valence-corrected chi connectivity index (χ4v) is 2.67. The number of carbonyl (C=O) groups excluding carboxylic acids is 1. The first kappa shape index (κ1) is 18.5. The largest absolute Gasteiger partial charge is 0.497 e. The van der Waals surface area contributed by atoms with Crippen LogP contribution in [-0.2, 0) is 17.8 Å². The molecule has 27 heavy (non-hydrogen) atoms. The van der Waals surface area contributed by atoms with Crippen LogP contribution in [0.4, 0.5) is 5.82 Å². The van der Waals surface area contributed by atoms with Gasteiger partial charge in [-0.3, -0.25) is 4.79 Å². The van der Waals surface area contributed by atoms with Gasteiger partial charge in [-0.25, -0.2) is 4.68 Å². The zero-order valence-electron chi connectivity index (χ0n) is 15.6. The van der Waals surface area contributed by atoms with E-state index in [2.05, 4.69) is 41.6 Å². The maximum atomic E-state index is 12.2. The van der Waals surface area contributed by atoms with Crippen LogP contribution in [0.2, 0.25) is 0 Å². The first-order valence-electron chi connectivity index (χ1n) is 8.90. The summed E-state index contributed by atoms with van der Waals surface area (Å²) in [6.07, 6.45) is 5.97. The number of aromatic nitrogens is 2. The molecule has 5 heteroatoms. The molecule has 3 rings (SSSR count). The summed E-state index contributed by atoms with van der Waals surface area (Å²) in [6.45, 7) is 2.74. The molecular formula is C22H23N3O2. The Morgan fingerprint density at radius 3 is 2.44 bits per heavy atom. The number of amides is 1. The monoisotopic (exact) mass is 361 g/mol. The molecule has 0 aliphatic heterocycles. The molecule has 3 aromatic rings. The van der Waals surface area contributed by atoms with Crippen molar-refractivity contribution in [3.63, 3.8) is 0 Å². The third-order valence-electron chi connectivity index (χ3n) is 4.27. The SMILES string of the molecule is CCc1ccc(Cn2nccc2NC(=O)/C=C/c2ccc(OC)cc2)cc1. The second-order valence-electron chi connectivity index (χ2n) is 6.14. The van der Waals surface area contributed by atoms with E-state index < -0.39 is 0 Å². The van der Waals surface area contributed by atoms with E-state index >= 15 is 0 Å². The van der Waals surface area contributed by atoms with Crippen LogP contribution in [-0.4, -0.2) is 22.8 Å². The molecule has 2 aromatic carbocycles. The molecule has 1 amide bonds. The van der Waals surface area contributed by atoms with Crippen molar-refractivity contribution in [2.24, 2.45) is 0 Å². The molecule has 0 unspecified atom stereocenters. The Bertz CT molecular complexity index is 909. The van der Waals surface area contributed by atoms with E-state index in [0.29, 0.717) is 12.4 Å². The van der Waals surface area contributed by atoms with E-state index in [4.69, 9.17) is 4.74 Å². The van der Waals surface area contributed by atoms with Crippen molar-refractivity contribution in [2.45, 2.75) is 19.9 Å². The quantitative estimate of drug-likeness (QED) is 0.643. The Hall–Kier alpha value is -3.34. The van der Waals surface area contributed by atoms with Crippen molar-refractivity contribution in [3.8, 4) is 5.75 Å². The number of hydrogen-bond acceptors (Lipinski definition) is 3. The fourth-order valence-electron chi connectivity index (χ4n) is 2.67. The molecule has 0 bridgehead atoms. The molecule has 138 valence electrons. The molecule has 1 aromatic heterocycles. The van der Waals surface area contributed by atoms with E-state index in [1.54, 1.807) is 30.1 Å². The number of hydrogen-bond donors (Lipinski definition) is 1. The van der Waals surface area contributed by atoms with Crippen LogP contribution < -0.4 is 10.1 Å². The van der Waals surface area contributed by atoms with Gasteiger partial charge in [0.1, 0.15) is 11.6 Å². The van der Waals surface area contributed by atoms with Gasteiger partial charge in [0.2, 0.25) is 5.91 Å². The lowest BCUT2D eigenvalue weighted by molar-refractivity contribution is -0.111. The fraction of sp³-hybridized carbons (Fsp3) is 0.182. The van der Waals surface area contributed by atoms with Crippen molar-refractivity contribution < 1.29 is 9.53 Å². The Kier molecular flexibility index (Phi) is 6.05. The zero-order chi connectivity index (χ0) is 19.1. The maximum absolute atomic E-state index is 12.2. The number of nitrogens with zero attached hydrogens (tertiary/aromatic N) is 2.